The SMILES string of the molecule is C=C(/N=C(\C)c1ccccn1)c1ccccn1. The number of hydrogen-bond acceptors (Lipinski definition) is 3. The Morgan fingerprint density at radius 2 is 1.59 bits per heavy atom. The van der Waals surface area contributed by atoms with E-state index in [0.717, 1.165) is 17.1 Å². The van der Waals surface area contributed by atoms with Crippen LogP contribution in [0.3, 0.4) is 0 Å². The molecule has 0 aliphatic carbocycles. The quantitative estimate of drug-likeness (QED) is 0.750. The van der Waals surface area contributed by atoms with Gasteiger partial charge in [0.25, 0.3) is 0 Å². The summed E-state index contributed by atoms with van der Waals surface area (Å²) in [7, 11) is 0. The first kappa shape index (κ1) is 11.2. The van der Waals surface area contributed by atoms with Crippen LogP contribution in [0.25, 0.3) is 5.70 Å². The van der Waals surface area contributed by atoms with Gasteiger partial charge in [0.15, 0.2) is 0 Å². The lowest BCUT2D eigenvalue weighted by molar-refractivity contribution is 1.24. The third kappa shape index (κ3) is 2.84. The monoisotopic (exact) mass is 223 g/mol. The second kappa shape index (κ2) is 5.16. The zero-order valence-corrected chi connectivity index (χ0v) is 9.67. The van der Waals surface area contributed by atoms with E-state index >= 15 is 0 Å². The Kier molecular flexibility index (Phi) is 3.40. The first-order valence-corrected chi connectivity index (χ1v) is 5.34. The lowest BCUT2D eigenvalue weighted by Gasteiger charge is -2.02. The number of aliphatic imine (C=N–C) groups is 1. The molecule has 17 heavy (non-hydrogen) atoms. The molecular weight excluding hydrogens is 210 g/mol. The van der Waals surface area contributed by atoms with E-state index in [0.29, 0.717) is 5.70 Å². The fraction of sp³-hybridized carbons (Fsp3) is 0.0714. The van der Waals surface area contributed by atoms with Crippen molar-refractivity contribution in [2.24, 2.45) is 4.99 Å². The fourth-order valence-electron chi connectivity index (χ4n) is 1.43. The van der Waals surface area contributed by atoms with Crippen LogP contribution >= 0.6 is 0 Å². The van der Waals surface area contributed by atoms with Gasteiger partial charge in [-0.3, -0.25) is 9.97 Å². The molecule has 0 aromatic carbocycles. The van der Waals surface area contributed by atoms with E-state index in [1.54, 1.807) is 12.4 Å². The van der Waals surface area contributed by atoms with Crippen molar-refractivity contribution in [3.8, 4) is 0 Å². The van der Waals surface area contributed by atoms with Gasteiger partial charge >= 0.3 is 0 Å². The summed E-state index contributed by atoms with van der Waals surface area (Å²) in [5.41, 5.74) is 3.11. The van der Waals surface area contributed by atoms with E-state index in [2.05, 4.69) is 21.5 Å². The molecule has 0 N–H and O–H groups in total. The minimum atomic E-state index is 0.647. The lowest BCUT2D eigenvalue weighted by atomic mass is 10.2. The Morgan fingerprint density at radius 1 is 1.00 bits per heavy atom. The highest BCUT2D eigenvalue weighted by Gasteiger charge is 2.01. The molecule has 0 bridgehead atoms. The second-order valence-corrected chi connectivity index (χ2v) is 3.57. The van der Waals surface area contributed by atoms with Gasteiger partial charge in [0.05, 0.1) is 22.8 Å². The van der Waals surface area contributed by atoms with Crippen LogP contribution in [0.2, 0.25) is 0 Å². The van der Waals surface area contributed by atoms with Crippen LogP contribution in [0.4, 0.5) is 0 Å². The van der Waals surface area contributed by atoms with E-state index in [1.807, 2.05) is 43.3 Å². The number of hydrogen-bond donors (Lipinski definition) is 0. The summed E-state index contributed by atoms with van der Waals surface area (Å²) in [5.74, 6) is 0. The van der Waals surface area contributed by atoms with Gasteiger partial charge in [-0.05, 0) is 31.2 Å². The summed E-state index contributed by atoms with van der Waals surface area (Å²) in [6.07, 6.45) is 3.48. The van der Waals surface area contributed by atoms with Crippen molar-refractivity contribution in [3.05, 3.63) is 66.8 Å². The molecule has 0 spiro atoms. The normalized spacial score (nSPS) is 11.2. The molecule has 3 heteroatoms. The van der Waals surface area contributed by atoms with E-state index in [-0.39, 0.29) is 0 Å². The molecule has 0 fully saturated rings. The summed E-state index contributed by atoms with van der Waals surface area (Å²) < 4.78 is 0. The Hall–Kier alpha value is -2.29. The van der Waals surface area contributed by atoms with Crippen LogP contribution in [0.1, 0.15) is 18.3 Å². The number of rotatable bonds is 3. The van der Waals surface area contributed by atoms with Crippen molar-refractivity contribution in [2.75, 3.05) is 0 Å². The minimum Gasteiger partial charge on any atom is -0.255 e. The molecule has 2 aromatic heterocycles. The van der Waals surface area contributed by atoms with Gasteiger partial charge in [-0.2, -0.15) is 0 Å². The third-order valence-corrected chi connectivity index (χ3v) is 2.30. The molecule has 0 aliphatic heterocycles. The summed E-state index contributed by atoms with van der Waals surface area (Å²) in [5, 5.41) is 0. The second-order valence-electron chi connectivity index (χ2n) is 3.57. The van der Waals surface area contributed by atoms with Crippen molar-refractivity contribution in [2.45, 2.75) is 6.92 Å². The summed E-state index contributed by atoms with van der Waals surface area (Å²) in [6.45, 7) is 5.83. The summed E-state index contributed by atoms with van der Waals surface area (Å²) in [6, 6.07) is 11.4. The topological polar surface area (TPSA) is 38.1 Å². The lowest BCUT2D eigenvalue weighted by Crippen LogP contribution is -1.98. The van der Waals surface area contributed by atoms with Gasteiger partial charge in [-0.15, -0.1) is 0 Å². The van der Waals surface area contributed by atoms with Crippen molar-refractivity contribution < 1.29 is 0 Å². The Labute approximate surface area is 101 Å². The standard InChI is InChI=1S/C14H13N3/c1-11(13-7-3-5-9-15-13)17-12(2)14-8-4-6-10-16-14/h3-10H,1H2,2H3/b17-12+. The van der Waals surface area contributed by atoms with Gasteiger partial charge in [0, 0.05) is 12.4 Å². The first-order chi connectivity index (χ1) is 8.27. The average Bonchev–Trinajstić information content (AvgIpc) is 2.40. The van der Waals surface area contributed by atoms with Crippen LogP contribution in [-0.2, 0) is 0 Å². The maximum absolute atomic E-state index is 4.41. The highest BCUT2D eigenvalue weighted by Crippen LogP contribution is 2.11. The molecule has 0 aliphatic rings. The molecule has 0 saturated carbocycles. The zero-order valence-electron chi connectivity index (χ0n) is 9.67. The maximum Gasteiger partial charge on any atom is 0.0880 e. The van der Waals surface area contributed by atoms with E-state index in [1.165, 1.54) is 0 Å². The predicted molar refractivity (Wildman–Crippen MR) is 69.7 cm³/mol. The number of aromatic nitrogens is 2. The molecule has 0 radical (unpaired) electrons. The molecule has 0 atom stereocenters. The highest BCUT2D eigenvalue weighted by molar-refractivity contribution is 5.99. The number of pyridine rings is 2. The molecule has 2 rings (SSSR count). The van der Waals surface area contributed by atoms with Crippen LogP contribution in [0, 0.1) is 0 Å². The predicted octanol–water partition coefficient (Wildman–Crippen LogP) is 2.96. The Balaban J connectivity index is 2.24. The molecular formula is C14H13N3. The van der Waals surface area contributed by atoms with Crippen LogP contribution < -0.4 is 0 Å². The van der Waals surface area contributed by atoms with Crippen LogP contribution in [-0.4, -0.2) is 15.7 Å². The highest BCUT2D eigenvalue weighted by atomic mass is 14.8. The summed E-state index contributed by atoms with van der Waals surface area (Å²) >= 11 is 0. The fourth-order valence-corrected chi connectivity index (χ4v) is 1.43. The molecule has 84 valence electrons. The summed E-state index contributed by atoms with van der Waals surface area (Å²) in [4.78, 5) is 12.8. The first-order valence-electron chi connectivity index (χ1n) is 5.34. The van der Waals surface area contributed by atoms with Gasteiger partial charge in [0.2, 0.25) is 0 Å². The largest absolute Gasteiger partial charge is 0.255 e. The van der Waals surface area contributed by atoms with Crippen molar-refractivity contribution >= 4 is 11.4 Å². The Morgan fingerprint density at radius 3 is 2.12 bits per heavy atom. The van der Waals surface area contributed by atoms with Gasteiger partial charge < -0.3 is 0 Å². The molecule has 0 unspecified atom stereocenters. The number of nitrogens with zero attached hydrogens (tertiary/aromatic N) is 3. The van der Waals surface area contributed by atoms with Gasteiger partial charge in [0.1, 0.15) is 0 Å². The molecule has 2 heterocycles. The van der Waals surface area contributed by atoms with Crippen LogP contribution in [0.15, 0.2) is 60.4 Å². The van der Waals surface area contributed by atoms with E-state index < -0.39 is 0 Å². The van der Waals surface area contributed by atoms with Crippen molar-refractivity contribution in [3.63, 3.8) is 0 Å². The van der Waals surface area contributed by atoms with Crippen LogP contribution in [0.5, 0.6) is 0 Å². The van der Waals surface area contributed by atoms with Gasteiger partial charge in [-0.1, -0.05) is 18.7 Å². The molecule has 0 amide bonds. The minimum absolute atomic E-state index is 0.647. The van der Waals surface area contributed by atoms with Gasteiger partial charge in [-0.25, -0.2) is 4.99 Å². The van der Waals surface area contributed by atoms with E-state index in [9.17, 15) is 0 Å². The van der Waals surface area contributed by atoms with Crippen molar-refractivity contribution in [1.82, 2.24) is 9.97 Å². The zero-order chi connectivity index (χ0) is 12.1. The smallest absolute Gasteiger partial charge is 0.0880 e. The third-order valence-electron chi connectivity index (χ3n) is 2.30. The Bertz CT molecular complexity index is 530. The maximum atomic E-state index is 4.41. The van der Waals surface area contributed by atoms with E-state index in [4.69, 9.17) is 0 Å². The van der Waals surface area contributed by atoms with Crippen molar-refractivity contribution in [1.29, 1.82) is 0 Å². The average molecular weight is 223 g/mol. The molecule has 3 nitrogen and oxygen atoms in total. The molecule has 0 saturated heterocycles. The molecule has 2 aromatic rings.